The molecule has 0 spiro atoms. The topological polar surface area (TPSA) is 8.81 Å². The Hall–Kier alpha value is -0.670. The van der Waals surface area contributed by atoms with Crippen LogP contribution in [0.2, 0.25) is 0 Å². The Morgan fingerprint density at radius 3 is 2.72 bits per heavy atom. The van der Waals surface area contributed by atoms with Crippen LogP contribution in [0.1, 0.15) is 26.7 Å². The van der Waals surface area contributed by atoms with Crippen molar-refractivity contribution in [3.63, 3.8) is 0 Å². The number of rotatable bonds is 6. The Balaban J connectivity index is 0.00000162. The molecule has 1 aromatic heterocycles. The van der Waals surface area contributed by atoms with Crippen LogP contribution in [-0.2, 0) is 12.4 Å². The van der Waals surface area contributed by atoms with Crippen molar-refractivity contribution in [1.29, 1.82) is 0 Å². The number of hydrogen-bond acceptors (Lipinski definition) is 1. The lowest BCUT2D eigenvalue weighted by atomic mass is 10.3. The van der Waals surface area contributed by atoms with E-state index in [2.05, 4.69) is 53.6 Å². The molecule has 0 saturated heterocycles. The summed E-state index contributed by atoms with van der Waals surface area (Å²) in [5, 5.41) is 0. The van der Waals surface area contributed by atoms with Gasteiger partial charge >= 0.3 is 0 Å². The van der Waals surface area contributed by atoms with E-state index in [-0.39, 0.29) is 12.4 Å². The zero-order valence-electron chi connectivity index (χ0n) is 11.1. The van der Waals surface area contributed by atoms with Crippen LogP contribution in [-0.4, -0.2) is 10.3 Å². The highest BCUT2D eigenvalue weighted by atomic mass is 35.5. The second-order valence-corrected chi connectivity index (χ2v) is 5.33. The van der Waals surface area contributed by atoms with E-state index in [0.717, 1.165) is 12.4 Å². The molecule has 0 amide bonds. The predicted molar refractivity (Wildman–Crippen MR) is 75.2 cm³/mol. The minimum atomic E-state index is 0. The maximum absolute atomic E-state index is 2.36. The number of halogens is 1. The quantitative estimate of drug-likeness (QED) is 0.553. The van der Waals surface area contributed by atoms with Gasteiger partial charge in [0.15, 0.2) is 11.0 Å². The van der Waals surface area contributed by atoms with Crippen molar-refractivity contribution >= 4 is 22.8 Å². The van der Waals surface area contributed by atoms with E-state index in [1.54, 1.807) is 0 Å². The fraction of sp³-hybridized carbons (Fsp3) is 0.500. The van der Waals surface area contributed by atoms with E-state index >= 15 is 0 Å². The smallest absolute Gasteiger partial charge is 0.245 e. The van der Waals surface area contributed by atoms with Gasteiger partial charge in [0.1, 0.15) is 5.88 Å². The maximum Gasteiger partial charge on any atom is 0.245 e. The highest BCUT2D eigenvalue weighted by molar-refractivity contribution is 7.98. The van der Waals surface area contributed by atoms with Crippen molar-refractivity contribution in [1.82, 2.24) is 4.57 Å². The van der Waals surface area contributed by atoms with Gasteiger partial charge in [-0.15, -0.1) is 11.8 Å². The molecule has 0 radical (unpaired) electrons. The fourth-order valence-electron chi connectivity index (χ4n) is 2.01. The summed E-state index contributed by atoms with van der Waals surface area (Å²) in [5.41, 5.74) is 2.68. The van der Waals surface area contributed by atoms with Gasteiger partial charge in [-0.25, -0.2) is 9.13 Å². The van der Waals surface area contributed by atoms with Gasteiger partial charge in [0.2, 0.25) is 6.33 Å². The third-order valence-electron chi connectivity index (χ3n) is 2.99. The van der Waals surface area contributed by atoms with E-state index in [1.807, 2.05) is 11.8 Å². The monoisotopic (exact) mass is 284 g/mol. The number of nitrogens with zero attached hydrogens (tertiary/aromatic N) is 2. The number of imidazole rings is 1. The number of thioether (sulfide) groups is 1. The standard InChI is InChI=1S/C14H21N2S.ClH/c1-3-5-10-17-12-16-11-15(4-2)13-8-6-7-9-14(13)16;/h6-9,11H,3-5,10,12H2,1-2H3;1H/q+1;/p-1. The van der Waals surface area contributed by atoms with Crippen molar-refractivity contribution in [3.05, 3.63) is 30.6 Å². The highest BCUT2D eigenvalue weighted by Gasteiger charge is 2.12. The molecule has 0 fully saturated rings. The minimum absolute atomic E-state index is 0. The molecule has 0 atom stereocenters. The molecule has 100 valence electrons. The lowest BCUT2D eigenvalue weighted by Crippen LogP contribution is -3.00. The molecule has 18 heavy (non-hydrogen) atoms. The third kappa shape index (κ3) is 3.42. The fourth-order valence-corrected chi connectivity index (χ4v) is 3.03. The summed E-state index contributed by atoms with van der Waals surface area (Å²) in [6.45, 7) is 5.48. The lowest BCUT2D eigenvalue weighted by Gasteiger charge is -1.97. The number of aromatic nitrogens is 2. The average molecular weight is 285 g/mol. The first-order valence-electron chi connectivity index (χ1n) is 6.41. The molecule has 0 unspecified atom stereocenters. The molecular formula is C14H21ClN2S. The molecule has 0 aliphatic heterocycles. The maximum atomic E-state index is 2.36. The van der Waals surface area contributed by atoms with Crippen LogP contribution in [0.4, 0.5) is 0 Å². The Bertz CT molecular complexity index is 482. The summed E-state index contributed by atoms with van der Waals surface area (Å²) in [4.78, 5) is 0. The van der Waals surface area contributed by atoms with Gasteiger partial charge in [0.25, 0.3) is 0 Å². The first-order valence-corrected chi connectivity index (χ1v) is 7.57. The van der Waals surface area contributed by atoms with Crippen molar-refractivity contribution < 1.29 is 17.0 Å². The predicted octanol–water partition coefficient (Wildman–Crippen LogP) is 0.444. The van der Waals surface area contributed by atoms with Gasteiger partial charge in [-0.1, -0.05) is 25.5 Å². The van der Waals surface area contributed by atoms with Crippen LogP contribution in [0.5, 0.6) is 0 Å². The van der Waals surface area contributed by atoms with E-state index in [4.69, 9.17) is 0 Å². The number of unbranched alkanes of at least 4 members (excludes halogenated alkanes) is 1. The number of fused-ring (bicyclic) bond motifs is 1. The van der Waals surface area contributed by atoms with Crippen LogP contribution in [0.3, 0.4) is 0 Å². The van der Waals surface area contributed by atoms with Gasteiger partial charge in [0, 0.05) is 0 Å². The molecule has 1 heterocycles. The Kier molecular flexibility index (Phi) is 6.58. The van der Waals surface area contributed by atoms with Crippen molar-refractivity contribution in [2.75, 3.05) is 5.75 Å². The van der Waals surface area contributed by atoms with E-state index in [0.29, 0.717) is 0 Å². The molecule has 0 aliphatic carbocycles. The number of benzene rings is 1. The summed E-state index contributed by atoms with van der Waals surface area (Å²) in [6, 6.07) is 8.65. The number of aryl methyl sites for hydroxylation is 1. The molecule has 2 nitrogen and oxygen atoms in total. The molecule has 2 aromatic rings. The van der Waals surface area contributed by atoms with Crippen LogP contribution in [0.15, 0.2) is 30.6 Å². The molecule has 4 heteroatoms. The van der Waals surface area contributed by atoms with Crippen LogP contribution < -0.4 is 17.0 Å². The van der Waals surface area contributed by atoms with E-state index in [1.165, 1.54) is 29.6 Å². The molecule has 0 saturated carbocycles. The molecule has 0 aliphatic rings. The van der Waals surface area contributed by atoms with Gasteiger partial charge in [-0.2, -0.15) is 0 Å². The molecule has 2 rings (SSSR count). The highest BCUT2D eigenvalue weighted by Crippen LogP contribution is 2.12. The molecule has 0 N–H and O–H groups in total. The number of para-hydroxylation sites is 2. The minimum Gasteiger partial charge on any atom is -1.00 e. The first-order chi connectivity index (χ1) is 8.36. The summed E-state index contributed by atoms with van der Waals surface area (Å²) in [6.07, 6.45) is 4.84. The summed E-state index contributed by atoms with van der Waals surface area (Å²) in [5.74, 6) is 2.32. The largest absolute Gasteiger partial charge is 1.00 e. The molecule has 1 aromatic carbocycles. The van der Waals surface area contributed by atoms with Crippen molar-refractivity contribution in [2.45, 2.75) is 39.1 Å². The van der Waals surface area contributed by atoms with Gasteiger partial charge < -0.3 is 12.4 Å². The lowest BCUT2D eigenvalue weighted by molar-refractivity contribution is -0.650. The SMILES string of the molecule is CCCCSC[n+]1cn(CC)c2ccccc21.[Cl-]. The molecule has 0 bridgehead atoms. The van der Waals surface area contributed by atoms with Gasteiger partial charge in [-0.05, 0) is 31.2 Å². The Morgan fingerprint density at radius 2 is 2.00 bits per heavy atom. The van der Waals surface area contributed by atoms with Gasteiger partial charge in [0.05, 0.1) is 6.54 Å². The van der Waals surface area contributed by atoms with E-state index < -0.39 is 0 Å². The normalized spacial score (nSPS) is 10.6. The first kappa shape index (κ1) is 15.4. The summed E-state index contributed by atoms with van der Waals surface area (Å²) in [7, 11) is 0. The van der Waals surface area contributed by atoms with Gasteiger partial charge in [-0.3, -0.25) is 0 Å². The number of hydrogen-bond donors (Lipinski definition) is 0. The van der Waals surface area contributed by atoms with E-state index in [9.17, 15) is 0 Å². The van der Waals surface area contributed by atoms with Crippen LogP contribution in [0.25, 0.3) is 11.0 Å². The second kappa shape index (κ2) is 7.70. The zero-order chi connectivity index (χ0) is 12.1. The molecular weight excluding hydrogens is 264 g/mol. The van der Waals surface area contributed by atoms with Crippen molar-refractivity contribution in [2.24, 2.45) is 0 Å². The van der Waals surface area contributed by atoms with Crippen LogP contribution in [0, 0.1) is 0 Å². The average Bonchev–Trinajstić information content (AvgIpc) is 2.73. The Morgan fingerprint density at radius 1 is 1.22 bits per heavy atom. The third-order valence-corrected chi connectivity index (χ3v) is 4.03. The summed E-state index contributed by atoms with van der Waals surface area (Å²) < 4.78 is 4.68. The van der Waals surface area contributed by atoms with Crippen LogP contribution >= 0.6 is 11.8 Å². The Labute approximate surface area is 120 Å². The summed E-state index contributed by atoms with van der Waals surface area (Å²) >= 11 is 2.02. The van der Waals surface area contributed by atoms with Crippen molar-refractivity contribution in [3.8, 4) is 0 Å². The second-order valence-electron chi connectivity index (χ2n) is 4.25. The zero-order valence-corrected chi connectivity index (χ0v) is 12.7.